The molecule has 0 N–H and O–H groups in total. The second kappa shape index (κ2) is 3.13. The van der Waals surface area contributed by atoms with Crippen LogP contribution in [0.2, 0.25) is 0 Å². The standard InChI is InChI=1S/C6H4IN5/c7-5-1-8-4-12(5)6-10-2-9-3-11-6/h1-4H. The summed E-state index contributed by atoms with van der Waals surface area (Å²) in [6.45, 7) is 0. The number of imidazole rings is 1. The molecule has 0 unspecified atom stereocenters. The van der Waals surface area contributed by atoms with Gasteiger partial charge in [-0.3, -0.25) is 4.57 Å². The molecule has 0 atom stereocenters. The molecule has 5 nitrogen and oxygen atoms in total. The molecule has 0 spiro atoms. The summed E-state index contributed by atoms with van der Waals surface area (Å²) in [4.78, 5) is 15.6. The third-order valence-electron chi connectivity index (χ3n) is 1.29. The quantitative estimate of drug-likeness (QED) is 0.716. The molecule has 2 heterocycles. The molecular formula is C6H4IN5. The molecule has 0 saturated heterocycles. The highest BCUT2D eigenvalue weighted by Gasteiger charge is 2.01. The number of halogens is 1. The van der Waals surface area contributed by atoms with Crippen LogP contribution < -0.4 is 0 Å². The summed E-state index contributed by atoms with van der Waals surface area (Å²) in [6.07, 6.45) is 6.32. The molecule has 2 aromatic rings. The summed E-state index contributed by atoms with van der Waals surface area (Å²) < 4.78 is 2.75. The predicted octanol–water partition coefficient (Wildman–Crippen LogP) is 0.662. The normalized spacial score (nSPS) is 10.1. The van der Waals surface area contributed by atoms with E-state index in [1.807, 2.05) is 0 Å². The van der Waals surface area contributed by atoms with E-state index in [1.54, 1.807) is 17.1 Å². The number of rotatable bonds is 1. The zero-order valence-corrected chi connectivity index (χ0v) is 8.08. The van der Waals surface area contributed by atoms with Crippen molar-refractivity contribution in [3.8, 4) is 5.95 Å². The van der Waals surface area contributed by atoms with E-state index in [0.29, 0.717) is 5.95 Å². The number of hydrogen-bond acceptors (Lipinski definition) is 4. The zero-order valence-electron chi connectivity index (χ0n) is 5.92. The Morgan fingerprint density at radius 2 is 1.92 bits per heavy atom. The van der Waals surface area contributed by atoms with Crippen molar-refractivity contribution in [3.63, 3.8) is 0 Å². The molecule has 0 aromatic carbocycles. The van der Waals surface area contributed by atoms with Gasteiger partial charge in [0.15, 0.2) is 0 Å². The first-order valence-electron chi connectivity index (χ1n) is 3.18. The summed E-state index contributed by atoms with van der Waals surface area (Å²) in [5.41, 5.74) is 0. The maximum Gasteiger partial charge on any atom is 0.238 e. The highest BCUT2D eigenvalue weighted by molar-refractivity contribution is 14.1. The molecule has 0 amide bonds. The van der Waals surface area contributed by atoms with Gasteiger partial charge in [-0.1, -0.05) is 0 Å². The lowest BCUT2D eigenvalue weighted by molar-refractivity contribution is 0.879. The van der Waals surface area contributed by atoms with E-state index in [1.165, 1.54) is 12.7 Å². The Morgan fingerprint density at radius 3 is 2.50 bits per heavy atom. The largest absolute Gasteiger partial charge is 0.262 e. The fourth-order valence-electron chi connectivity index (χ4n) is 0.784. The first-order valence-corrected chi connectivity index (χ1v) is 4.26. The lowest BCUT2D eigenvalue weighted by atomic mass is 10.8. The van der Waals surface area contributed by atoms with Crippen LogP contribution in [0, 0.1) is 3.70 Å². The molecule has 0 aliphatic heterocycles. The minimum atomic E-state index is 0.590. The Balaban J connectivity index is 2.51. The first kappa shape index (κ1) is 7.59. The Hall–Kier alpha value is -1.05. The van der Waals surface area contributed by atoms with Gasteiger partial charge in [0, 0.05) is 0 Å². The number of hydrogen-bond donors (Lipinski definition) is 0. The van der Waals surface area contributed by atoms with Crippen LogP contribution in [0.4, 0.5) is 0 Å². The van der Waals surface area contributed by atoms with Gasteiger partial charge in [0.2, 0.25) is 5.95 Å². The second-order valence-corrected chi connectivity index (χ2v) is 3.13. The second-order valence-electron chi connectivity index (χ2n) is 2.02. The smallest absolute Gasteiger partial charge is 0.238 e. The van der Waals surface area contributed by atoms with Crippen LogP contribution in [-0.2, 0) is 0 Å². The van der Waals surface area contributed by atoms with Crippen molar-refractivity contribution in [3.05, 3.63) is 28.9 Å². The summed E-state index contributed by atoms with van der Waals surface area (Å²) in [5.74, 6) is 0.590. The van der Waals surface area contributed by atoms with Crippen LogP contribution in [-0.4, -0.2) is 24.5 Å². The average molecular weight is 273 g/mol. The summed E-state index contributed by atoms with van der Waals surface area (Å²) in [7, 11) is 0. The Kier molecular flexibility index (Phi) is 1.98. The van der Waals surface area contributed by atoms with Crippen molar-refractivity contribution >= 4 is 22.6 Å². The molecule has 0 fully saturated rings. The molecule has 2 aromatic heterocycles. The van der Waals surface area contributed by atoms with Gasteiger partial charge in [-0.25, -0.2) is 19.9 Å². The van der Waals surface area contributed by atoms with Crippen LogP contribution in [0.1, 0.15) is 0 Å². The van der Waals surface area contributed by atoms with Crippen molar-refractivity contribution in [1.29, 1.82) is 0 Å². The van der Waals surface area contributed by atoms with Crippen LogP contribution in [0.5, 0.6) is 0 Å². The molecule has 12 heavy (non-hydrogen) atoms. The summed E-state index contributed by atoms with van der Waals surface area (Å²) in [6, 6.07) is 0. The molecule has 0 bridgehead atoms. The molecule has 0 saturated carbocycles. The van der Waals surface area contributed by atoms with Crippen molar-refractivity contribution in [2.24, 2.45) is 0 Å². The molecule has 60 valence electrons. The Bertz CT molecular complexity index is 370. The highest BCUT2D eigenvalue weighted by Crippen LogP contribution is 2.06. The van der Waals surface area contributed by atoms with E-state index in [0.717, 1.165) is 3.70 Å². The number of nitrogens with zero attached hydrogens (tertiary/aromatic N) is 5. The van der Waals surface area contributed by atoms with Gasteiger partial charge in [-0.2, -0.15) is 0 Å². The number of aromatic nitrogens is 5. The minimum Gasteiger partial charge on any atom is -0.262 e. The van der Waals surface area contributed by atoms with E-state index in [9.17, 15) is 0 Å². The van der Waals surface area contributed by atoms with Gasteiger partial charge in [-0.15, -0.1) is 0 Å². The van der Waals surface area contributed by atoms with Crippen molar-refractivity contribution < 1.29 is 0 Å². The SMILES string of the molecule is Ic1cncn1-c1ncncn1. The van der Waals surface area contributed by atoms with Gasteiger partial charge in [0.25, 0.3) is 0 Å². The predicted molar refractivity (Wildman–Crippen MR) is 49.7 cm³/mol. The van der Waals surface area contributed by atoms with Gasteiger partial charge in [0.1, 0.15) is 22.7 Å². The summed E-state index contributed by atoms with van der Waals surface area (Å²) in [5, 5.41) is 0. The molecule has 0 radical (unpaired) electrons. The van der Waals surface area contributed by atoms with E-state index < -0.39 is 0 Å². The Morgan fingerprint density at radius 1 is 1.17 bits per heavy atom. The van der Waals surface area contributed by atoms with E-state index >= 15 is 0 Å². The maximum absolute atomic E-state index is 3.98. The van der Waals surface area contributed by atoms with Gasteiger partial charge in [-0.05, 0) is 22.6 Å². The van der Waals surface area contributed by atoms with Crippen LogP contribution in [0.25, 0.3) is 5.95 Å². The van der Waals surface area contributed by atoms with Crippen LogP contribution >= 0.6 is 22.6 Å². The molecule has 0 aliphatic carbocycles. The van der Waals surface area contributed by atoms with Crippen LogP contribution in [0.3, 0.4) is 0 Å². The molecular weight excluding hydrogens is 269 g/mol. The van der Waals surface area contributed by atoms with Crippen molar-refractivity contribution in [2.45, 2.75) is 0 Å². The van der Waals surface area contributed by atoms with Crippen molar-refractivity contribution in [1.82, 2.24) is 24.5 Å². The van der Waals surface area contributed by atoms with Gasteiger partial charge in [0.05, 0.1) is 6.20 Å². The average Bonchev–Trinajstić information content (AvgIpc) is 2.53. The molecule has 0 aliphatic rings. The molecule has 2 rings (SSSR count). The molecule has 6 heteroatoms. The lowest BCUT2D eigenvalue weighted by Crippen LogP contribution is -2.00. The van der Waals surface area contributed by atoms with E-state index in [2.05, 4.69) is 42.5 Å². The van der Waals surface area contributed by atoms with E-state index in [-0.39, 0.29) is 0 Å². The third kappa shape index (κ3) is 1.29. The zero-order chi connectivity index (χ0) is 8.39. The highest BCUT2D eigenvalue weighted by atomic mass is 127. The van der Waals surface area contributed by atoms with Gasteiger partial charge >= 0.3 is 0 Å². The fourth-order valence-corrected chi connectivity index (χ4v) is 1.28. The van der Waals surface area contributed by atoms with E-state index in [4.69, 9.17) is 0 Å². The third-order valence-corrected chi connectivity index (χ3v) is 2.09. The van der Waals surface area contributed by atoms with Crippen LogP contribution in [0.15, 0.2) is 25.2 Å². The fraction of sp³-hybridized carbons (Fsp3) is 0. The topological polar surface area (TPSA) is 56.5 Å². The first-order chi connectivity index (χ1) is 5.88. The van der Waals surface area contributed by atoms with Gasteiger partial charge < -0.3 is 0 Å². The van der Waals surface area contributed by atoms with Crippen molar-refractivity contribution in [2.75, 3.05) is 0 Å². The monoisotopic (exact) mass is 273 g/mol. The lowest BCUT2D eigenvalue weighted by Gasteiger charge is -1.98. The maximum atomic E-state index is 3.98. The summed E-state index contributed by atoms with van der Waals surface area (Å²) >= 11 is 2.16. The minimum absolute atomic E-state index is 0.590. The Labute approximate surface area is 82.0 Å².